The highest BCUT2D eigenvalue weighted by molar-refractivity contribution is 7.80. The standard InChI is InChI=1S/C15H14OS/c1-11-4-2-5-12(8-11)9-13-6-3-7-14(10-13)15(16)17/h2-8,10H,9H2,1H3,(H,16,17). The van der Waals surface area contributed by atoms with Gasteiger partial charge in [-0.25, -0.2) is 0 Å². The summed E-state index contributed by atoms with van der Waals surface area (Å²) in [5, 5.41) is 9.24. The van der Waals surface area contributed by atoms with Crippen molar-refractivity contribution >= 4 is 17.3 Å². The molecule has 17 heavy (non-hydrogen) atoms. The topological polar surface area (TPSA) is 20.2 Å². The zero-order valence-corrected chi connectivity index (χ0v) is 10.5. The van der Waals surface area contributed by atoms with Gasteiger partial charge in [-0.05, 0) is 42.8 Å². The van der Waals surface area contributed by atoms with Gasteiger partial charge in [0.1, 0.15) is 0 Å². The lowest BCUT2D eigenvalue weighted by molar-refractivity contribution is 0.571. The fourth-order valence-corrected chi connectivity index (χ4v) is 2.00. The first-order valence-electron chi connectivity index (χ1n) is 5.53. The second-order valence-corrected chi connectivity index (χ2v) is 4.56. The molecule has 0 bridgehead atoms. The molecule has 2 aromatic rings. The summed E-state index contributed by atoms with van der Waals surface area (Å²) in [6.07, 6.45) is 0.859. The minimum Gasteiger partial charge on any atom is -0.499 e. The van der Waals surface area contributed by atoms with Gasteiger partial charge in [0.15, 0.2) is 5.05 Å². The van der Waals surface area contributed by atoms with Crippen LogP contribution < -0.4 is 0 Å². The van der Waals surface area contributed by atoms with Crippen LogP contribution in [0.2, 0.25) is 0 Å². The van der Waals surface area contributed by atoms with E-state index in [9.17, 15) is 5.11 Å². The molecular formula is C15H14OS. The molecule has 2 aromatic carbocycles. The van der Waals surface area contributed by atoms with Crippen molar-refractivity contribution in [2.75, 3.05) is 0 Å². The fraction of sp³-hybridized carbons (Fsp3) is 0.133. The highest BCUT2D eigenvalue weighted by Crippen LogP contribution is 2.13. The van der Waals surface area contributed by atoms with Gasteiger partial charge in [0.2, 0.25) is 0 Å². The molecule has 0 aliphatic rings. The van der Waals surface area contributed by atoms with Crippen LogP contribution in [-0.2, 0) is 6.42 Å². The first-order chi connectivity index (χ1) is 8.15. The van der Waals surface area contributed by atoms with Crippen LogP contribution in [0.5, 0.6) is 0 Å². The molecular weight excluding hydrogens is 228 g/mol. The molecule has 0 atom stereocenters. The average Bonchev–Trinajstić information content (AvgIpc) is 2.29. The van der Waals surface area contributed by atoms with E-state index in [4.69, 9.17) is 12.2 Å². The third-order valence-corrected chi connectivity index (χ3v) is 2.90. The summed E-state index contributed by atoms with van der Waals surface area (Å²) in [5.41, 5.74) is 4.40. The van der Waals surface area contributed by atoms with Crippen LogP contribution in [0.4, 0.5) is 0 Å². The lowest BCUT2D eigenvalue weighted by atomic mass is 10.0. The predicted molar refractivity (Wildman–Crippen MR) is 74.8 cm³/mol. The van der Waals surface area contributed by atoms with Gasteiger partial charge in [-0.1, -0.05) is 48.0 Å². The molecule has 0 aromatic heterocycles. The third kappa shape index (κ3) is 3.14. The van der Waals surface area contributed by atoms with Crippen molar-refractivity contribution in [1.29, 1.82) is 0 Å². The predicted octanol–water partition coefficient (Wildman–Crippen LogP) is 3.82. The second kappa shape index (κ2) is 5.11. The van der Waals surface area contributed by atoms with Crippen molar-refractivity contribution in [2.24, 2.45) is 0 Å². The molecule has 0 radical (unpaired) electrons. The molecule has 0 saturated heterocycles. The molecule has 0 aliphatic heterocycles. The number of thiocarbonyl (C=S) groups is 1. The Morgan fingerprint density at radius 2 is 1.71 bits per heavy atom. The second-order valence-electron chi connectivity index (χ2n) is 4.17. The zero-order valence-electron chi connectivity index (χ0n) is 9.68. The number of aryl methyl sites for hydroxylation is 1. The molecule has 2 heteroatoms. The largest absolute Gasteiger partial charge is 0.499 e. The fourth-order valence-electron chi connectivity index (χ4n) is 1.87. The molecule has 0 aliphatic carbocycles. The van der Waals surface area contributed by atoms with Gasteiger partial charge in [0.05, 0.1) is 0 Å². The van der Waals surface area contributed by atoms with E-state index in [1.807, 2.05) is 24.3 Å². The summed E-state index contributed by atoms with van der Waals surface area (Å²) in [4.78, 5) is 0. The smallest absolute Gasteiger partial charge is 0.188 e. The van der Waals surface area contributed by atoms with E-state index < -0.39 is 0 Å². The Bertz CT molecular complexity index is 546. The summed E-state index contributed by atoms with van der Waals surface area (Å²) < 4.78 is 0. The van der Waals surface area contributed by atoms with Gasteiger partial charge in [-0.2, -0.15) is 0 Å². The maximum atomic E-state index is 9.29. The van der Waals surface area contributed by atoms with Crippen molar-refractivity contribution in [3.63, 3.8) is 0 Å². The first kappa shape index (κ1) is 11.8. The van der Waals surface area contributed by atoms with Crippen molar-refractivity contribution in [3.05, 3.63) is 70.8 Å². The summed E-state index contributed by atoms with van der Waals surface area (Å²) in [6, 6.07) is 16.1. The van der Waals surface area contributed by atoms with E-state index in [0.29, 0.717) is 5.56 Å². The number of benzene rings is 2. The van der Waals surface area contributed by atoms with E-state index in [1.54, 1.807) is 0 Å². The van der Waals surface area contributed by atoms with Gasteiger partial charge in [0.25, 0.3) is 0 Å². The maximum absolute atomic E-state index is 9.29. The van der Waals surface area contributed by atoms with Gasteiger partial charge in [-0.3, -0.25) is 0 Å². The minimum atomic E-state index is -0.0453. The Morgan fingerprint density at radius 3 is 2.35 bits per heavy atom. The quantitative estimate of drug-likeness (QED) is 0.826. The molecule has 86 valence electrons. The summed E-state index contributed by atoms with van der Waals surface area (Å²) >= 11 is 4.76. The molecule has 0 heterocycles. The van der Waals surface area contributed by atoms with Crippen LogP contribution >= 0.6 is 12.2 Å². The summed E-state index contributed by atoms with van der Waals surface area (Å²) in [5.74, 6) is 0. The minimum absolute atomic E-state index is 0.0453. The Balaban J connectivity index is 2.24. The van der Waals surface area contributed by atoms with Gasteiger partial charge in [0, 0.05) is 5.56 Å². The van der Waals surface area contributed by atoms with Crippen LogP contribution in [0.15, 0.2) is 48.5 Å². The van der Waals surface area contributed by atoms with Crippen LogP contribution in [0.25, 0.3) is 0 Å². The molecule has 2 rings (SSSR count). The number of hydrogen-bond donors (Lipinski definition) is 1. The Morgan fingerprint density at radius 1 is 1.06 bits per heavy atom. The van der Waals surface area contributed by atoms with Crippen molar-refractivity contribution in [3.8, 4) is 0 Å². The number of aliphatic hydroxyl groups excluding tert-OH is 1. The van der Waals surface area contributed by atoms with E-state index in [2.05, 4.69) is 31.2 Å². The number of rotatable bonds is 3. The molecule has 0 spiro atoms. The SMILES string of the molecule is Cc1cccc(Cc2cccc(C(O)=S)c2)c1. The molecule has 0 saturated carbocycles. The lowest BCUT2D eigenvalue weighted by Gasteiger charge is -2.05. The van der Waals surface area contributed by atoms with E-state index in [-0.39, 0.29) is 5.05 Å². The number of hydrogen-bond acceptors (Lipinski definition) is 1. The normalized spacial score (nSPS) is 10.2. The molecule has 0 amide bonds. The van der Waals surface area contributed by atoms with E-state index >= 15 is 0 Å². The lowest BCUT2D eigenvalue weighted by Crippen LogP contribution is -1.96. The Hall–Kier alpha value is -1.67. The highest BCUT2D eigenvalue weighted by atomic mass is 32.1. The van der Waals surface area contributed by atoms with Gasteiger partial charge >= 0.3 is 0 Å². The zero-order chi connectivity index (χ0) is 12.3. The average molecular weight is 242 g/mol. The highest BCUT2D eigenvalue weighted by Gasteiger charge is 2.01. The summed E-state index contributed by atoms with van der Waals surface area (Å²) in [7, 11) is 0. The van der Waals surface area contributed by atoms with Crippen LogP contribution in [-0.4, -0.2) is 10.2 Å². The monoisotopic (exact) mass is 242 g/mol. The molecule has 1 N–H and O–H groups in total. The van der Waals surface area contributed by atoms with E-state index in [0.717, 1.165) is 12.0 Å². The van der Waals surface area contributed by atoms with Crippen molar-refractivity contribution in [2.45, 2.75) is 13.3 Å². The van der Waals surface area contributed by atoms with E-state index in [1.165, 1.54) is 11.1 Å². The molecule has 1 nitrogen and oxygen atoms in total. The van der Waals surface area contributed by atoms with Gasteiger partial charge < -0.3 is 5.11 Å². The maximum Gasteiger partial charge on any atom is 0.188 e. The molecule has 0 fully saturated rings. The first-order valence-corrected chi connectivity index (χ1v) is 5.94. The summed E-state index contributed by atoms with van der Waals surface area (Å²) in [6.45, 7) is 2.09. The van der Waals surface area contributed by atoms with Gasteiger partial charge in [-0.15, -0.1) is 0 Å². The Labute approximate surface area is 107 Å². The van der Waals surface area contributed by atoms with Crippen molar-refractivity contribution in [1.82, 2.24) is 0 Å². The van der Waals surface area contributed by atoms with Crippen LogP contribution in [0, 0.1) is 6.92 Å². The van der Waals surface area contributed by atoms with Crippen molar-refractivity contribution < 1.29 is 5.11 Å². The van der Waals surface area contributed by atoms with Crippen LogP contribution in [0.3, 0.4) is 0 Å². The number of aliphatic hydroxyl groups is 1. The molecule has 0 unspecified atom stereocenters. The Kier molecular flexibility index (Phi) is 3.55. The van der Waals surface area contributed by atoms with Crippen LogP contribution in [0.1, 0.15) is 22.3 Å². The third-order valence-electron chi connectivity index (χ3n) is 2.66.